The number of pyridine rings is 1. The number of nitrogens with zero attached hydrogens (tertiary/aromatic N) is 5. The van der Waals surface area contributed by atoms with Gasteiger partial charge in [0.15, 0.2) is 5.76 Å². The number of piperidine rings is 2. The van der Waals surface area contributed by atoms with Gasteiger partial charge in [0.25, 0.3) is 5.91 Å². The molecule has 2 aromatic rings. The van der Waals surface area contributed by atoms with Crippen LogP contribution in [0.15, 0.2) is 47.2 Å². The first-order valence-corrected chi connectivity index (χ1v) is 12.7. The zero-order valence-electron chi connectivity index (χ0n) is 19.8. The van der Waals surface area contributed by atoms with Gasteiger partial charge in [-0.2, -0.15) is 0 Å². The maximum absolute atomic E-state index is 13.5. The third-order valence-corrected chi connectivity index (χ3v) is 7.47. The van der Waals surface area contributed by atoms with Crippen LogP contribution < -0.4 is 4.90 Å². The molecule has 0 bridgehead atoms. The van der Waals surface area contributed by atoms with Crippen LogP contribution in [0.3, 0.4) is 0 Å². The highest BCUT2D eigenvalue weighted by molar-refractivity contribution is 5.95. The van der Waals surface area contributed by atoms with E-state index < -0.39 is 0 Å². The highest BCUT2D eigenvalue weighted by Crippen LogP contribution is 2.25. The lowest BCUT2D eigenvalue weighted by Crippen LogP contribution is -2.56. The fraction of sp³-hybridized carbons (Fsp3) is 0.577. The van der Waals surface area contributed by atoms with E-state index in [4.69, 9.17) is 4.42 Å². The molecule has 2 aromatic heterocycles. The van der Waals surface area contributed by atoms with Gasteiger partial charge in [-0.15, -0.1) is 0 Å². The molecule has 2 amide bonds. The van der Waals surface area contributed by atoms with Crippen molar-refractivity contribution in [2.45, 2.75) is 38.1 Å². The van der Waals surface area contributed by atoms with Crippen LogP contribution in [0.4, 0.5) is 5.82 Å². The van der Waals surface area contributed by atoms with Crippen molar-refractivity contribution in [2.24, 2.45) is 5.92 Å². The molecule has 8 heteroatoms. The molecule has 8 nitrogen and oxygen atoms in total. The molecule has 0 spiro atoms. The summed E-state index contributed by atoms with van der Waals surface area (Å²) in [6.45, 7) is 7.24. The summed E-state index contributed by atoms with van der Waals surface area (Å²) in [5.74, 6) is 1.81. The van der Waals surface area contributed by atoms with Crippen LogP contribution in [0, 0.1) is 5.92 Å². The van der Waals surface area contributed by atoms with Crippen LogP contribution in [0.5, 0.6) is 0 Å². The summed E-state index contributed by atoms with van der Waals surface area (Å²) < 4.78 is 5.33. The summed E-state index contributed by atoms with van der Waals surface area (Å²) in [5.41, 5.74) is 0. The molecular formula is C26H35N5O3. The lowest BCUT2D eigenvalue weighted by atomic mass is 9.94. The molecule has 3 aliphatic heterocycles. The van der Waals surface area contributed by atoms with Gasteiger partial charge in [0, 0.05) is 58.6 Å². The lowest BCUT2D eigenvalue weighted by molar-refractivity contribution is -0.139. The first-order chi connectivity index (χ1) is 16.7. The number of hydrogen-bond donors (Lipinski definition) is 0. The SMILES string of the molecule is O=C(C1CCCCN1C(=O)c1ccco1)N1CCCC(CN2CCN(c3ccccn3)CC2)C1. The minimum atomic E-state index is -0.369. The van der Waals surface area contributed by atoms with E-state index in [1.165, 1.54) is 6.26 Å². The zero-order valence-corrected chi connectivity index (χ0v) is 19.8. The average Bonchev–Trinajstić information content (AvgIpc) is 3.44. The van der Waals surface area contributed by atoms with E-state index in [-0.39, 0.29) is 17.9 Å². The fourth-order valence-electron chi connectivity index (χ4n) is 5.66. The monoisotopic (exact) mass is 465 g/mol. The Morgan fingerprint density at radius 2 is 1.82 bits per heavy atom. The second-order valence-corrected chi connectivity index (χ2v) is 9.76. The van der Waals surface area contributed by atoms with E-state index >= 15 is 0 Å². The number of amides is 2. The molecule has 5 heterocycles. The molecule has 3 saturated heterocycles. The van der Waals surface area contributed by atoms with E-state index in [0.717, 1.165) is 83.7 Å². The molecule has 0 aromatic carbocycles. The van der Waals surface area contributed by atoms with E-state index in [1.807, 2.05) is 23.2 Å². The highest BCUT2D eigenvalue weighted by atomic mass is 16.3. The summed E-state index contributed by atoms with van der Waals surface area (Å²) in [6, 6.07) is 9.10. The van der Waals surface area contributed by atoms with Crippen molar-refractivity contribution in [1.29, 1.82) is 0 Å². The van der Waals surface area contributed by atoms with E-state index in [9.17, 15) is 9.59 Å². The number of piperazine rings is 1. The Morgan fingerprint density at radius 3 is 2.59 bits per heavy atom. The van der Waals surface area contributed by atoms with Crippen molar-refractivity contribution >= 4 is 17.6 Å². The van der Waals surface area contributed by atoms with Gasteiger partial charge in [-0.3, -0.25) is 14.5 Å². The van der Waals surface area contributed by atoms with Crippen molar-refractivity contribution in [3.05, 3.63) is 48.6 Å². The quantitative estimate of drug-likeness (QED) is 0.676. The first-order valence-electron chi connectivity index (χ1n) is 12.7. The van der Waals surface area contributed by atoms with Crippen molar-refractivity contribution in [3.8, 4) is 0 Å². The van der Waals surface area contributed by atoms with Gasteiger partial charge in [-0.25, -0.2) is 4.98 Å². The number of carbonyl (C=O) groups is 2. The van der Waals surface area contributed by atoms with Gasteiger partial charge in [0.05, 0.1) is 6.26 Å². The van der Waals surface area contributed by atoms with Gasteiger partial charge in [0.2, 0.25) is 5.91 Å². The molecule has 3 aliphatic rings. The molecule has 5 rings (SSSR count). The van der Waals surface area contributed by atoms with Gasteiger partial charge in [0.1, 0.15) is 11.9 Å². The van der Waals surface area contributed by atoms with Crippen LogP contribution in [0.1, 0.15) is 42.7 Å². The number of anilines is 1. The molecule has 0 N–H and O–H groups in total. The summed E-state index contributed by atoms with van der Waals surface area (Å²) in [5, 5.41) is 0. The largest absolute Gasteiger partial charge is 0.459 e. The van der Waals surface area contributed by atoms with Gasteiger partial charge >= 0.3 is 0 Å². The third-order valence-electron chi connectivity index (χ3n) is 7.47. The maximum Gasteiger partial charge on any atom is 0.290 e. The number of furan rings is 1. The Balaban J connectivity index is 1.15. The van der Waals surface area contributed by atoms with E-state index in [0.29, 0.717) is 18.2 Å². The maximum atomic E-state index is 13.5. The van der Waals surface area contributed by atoms with Crippen LogP contribution in [-0.4, -0.2) is 89.9 Å². The van der Waals surface area contributed by atoms with Crippen LogP contribution in [0.25, 0.3) is 0 Å². The van der Waals surface area contributed by atoms with Crippen molar-refractivity contribution in [2.75, 3.05) is 57.3 Å². The normalized spacial score (nSPS) is 24.3. The van der Waals surface area contributed by atoms with E-state index in [2.05, 4.69) is 20.9 Å². The molecule has 3 fully saturated rings. The lowest BCUT2D eigenvalue weighted by Gasteiger charge is -2.42. The molecule has 0 radical (unpaired) electrons. The molecule has 0 aliphatic carbocycles. The Bertz CT molecular complexity index is 943. The second kappa shape index (κ2) is 10.6. The number of hydrogen-bond acceptors (Lipinski definition) is 6. The summed E-state index contributed by atoms with van der Waals surface area (Å²) >= 11 is 0. The van der Waals surface area contributed by atoms with Crippen LogP contribution in [0.2, 0.25) is 0 Å². The minimum Gasteiger partial charge on any atom is -0.459 e. The molecule has 2 unspecified atom stereocenters. The Hall–Kier alpha value is -2.87. The van der Waals surface area contributed by atoms with Gasteiger partial charge in [-0.1, -0.05) is 6.07 Å². The summed E-state index contributed by atoms with van der Waals surface area (Å²) in [4.78, 5) is 39.6. The molecular weight excluding hydrogens is 430 g/mol. The highest BCUT2D eigenvalue weighted by Gasteiger charge is 2.37. The Morgan fingerprint density at radius 1 is 0.941 bits per heavy atom. The first kappa shape index (κ1) is 22.9. The van der Waals surface area contributed by atoms with Crippen LogP contribution >= 0.6 is 0 Å². The second-order valence-electron chi connectivity index (χ2n) is 9.76. The van der Waals surface area contributed by atoms with E-state index in [1.54, 1.807) is 17.0 Å². The number of carbonyl (C=O) groups excluding carboxylic acids is 2. The van der Waals surface area contributed by atoms with Crippen molar-refractivity contribution in [1.82, 2.24) is 19.7 Å². The Kier molecular flexibility index (Phi) is 7.13. The van der Waals surface area contributed by atoms with Crippen LogP contribution in [-0.2, 0) is 4.79 Å². The molecule has 182 valence electrons. The van der Waals surface area contributed by atoms with Crippen molar-refractivity contribution in [3.63, 3.8) is 0 Å². The average molecular weight is 466 g/mol. The fourth-order valence-corrected chi connectivity index (χ4v) is 5.66. The Labute approximate surface area is 201 Å². The summed E-state index contributed by atoms with van der Waals surface area (Å²) in [6.07, 6.45) is 8.21. The number of likely N-dealkylation sites (tertiary alicyclic amines) is 2. The third kappa shape index (κ3) is 5.12. The van der Waals surface area contributed by atoms with Crippen molar-refractivity contribution < 1.29 is 14.0 Å². The topological polar surface area (TPSA) is 73.1 Å². The predicted molar refractivity (Wildman–Crippen MR) is 130 cm³/mol. The van der Waals surface area contributed by atoms with Gasteiger partial charge < -0.3 is 19.1 Å². The predicted octanol–water partition coefficient (Wildman–Crippen LogP) is 2.73. The number of rotatable bonds is 5. The minimum absolute atomic E-state index is 0.115. The molecule has 2 atom stereocenters. The molecule has 34 heavy (non-hydrogen) atoms. The number of aromatic nitrogens is 1. The standard InChI is InChI=1S/C26H35N5O3/c32-25(22-8-2-4-13-31(22)26(33)23-9-6-18-34-23)30-12-5-7-21(20-30)19-28-14-16-29(17-15-28)24-10-1-3-11-27-24/h1,3,6,9-11,18,21-22H,2,4-5,7-8,12-17,19-20H2. The van der Waals surface area contributed by atoms with Gasteiger partial charge in [-0.05, 0) is 62.3 Å². The summed E-state index contributed by atoms with van der Waals surface area (Å²) in [7, 11) is 0. The molecule has 0 saturated carbocycles. The smallest absolute Gasteiger partial charge is 0.290 e. The zero-order chi connectivity index (χ0) is 23.3.